The quantitative estimate of drug-likeness (QED) is 0.842. The van der Waals surface area contributed by atoms with Crippen molar-refractivity contribution in [3.63, 3.8) is 0 Å². The Kier molecular flexibility index (Phi) is 4.17. The summed E-state index contributed by atoms with van der Waals surface area (Å²) in [7, 11) is -1.95. The van der Waals surface area contributed by atoms with Crippen molar-refractivity contribution in [2.24, 2.45) is 0 Å². The lowest BCUT2D eigenvalue weighted by molar-refractivity contribution is 0.0798. The van der Waals surface area contributed by atoms with E-state index in [2.05, 4.69) is 0 Å². The van der Waals surface area contributed by atoms with Gasteiger partial charge in [0.25, 0.3) is 0 Å². The van der Waals surface area contributed by atoms with E-state index in [9.17, 15) is 8.42 Å². The largest absolute Gasteiger partial charge is 0.486 e. The van der Waals surface area contributed by atoms with Crippen molar-refractivity contribution in [3.8, 4) is 11.5 Å². The van der Waals surface area contributed by atoms with Crippen LogP contribution < -0.4 is 9.47 Å². The summed E-state index contributed by atoms with van der Waals surface area (Å²) in [5, 5.41) is 0. The lowest BCUT2D eigenvalue weighted by Gasteiger charge is -2.29. The highest BCUT2D eigenvalue weighted by molar-refractivity contribution is 7.89. The molecule has 6 heteroatoms. The van der Waals surface area contributed by atoms with Gasteiger partial charge >= 0.3 is 0 Å². The second-order valence-corrected chi connectivity index (χ2v) is 8.61. The molecule has 0 amide bonds. The monoisotopic (exact) mass is 359 g/mol. The third-order valence-corrected chi connectivity index (χ3v) is 6.63. The number of rotatable bonds is 4. The van der Waals surface area contributed by atoms with E-state index in [-0.39, 0.29) is 12.6 Å². The third kappa shape index (κ3) is 3.12. The molecule has 0 fully saturated rings. The zero-order valence-corrected chi connectivity index (χ0v) is 15.0. The topological polar surface area (TPSA) is 55.8 Å². The summed E-state index contributed by atoms with van der Waals surface area (Å²) >= 11 is 0. The number of benzene rings is 2. The fourth-order valence-corrected chi connectivity index (χ4v) is 4.68. The molecule has 1 heterocycles. The number of hydrogen-bond acceptors (Lipinski definition) is 4. The molecular formula is C19H21NO4S. The van der Waals surface area contributed by atoms with Crippen LogP contribution in [0.4, 0.5) is 0 Å². The first kappa shape index (κ1) is 16.4. The maximum Gasteiger partial charge on any atom is 0.242 e. The molecule has 2 aromatic rings. The number of para-hydroxylation sites is 2. The lowest BCUT2D eigenvalue weighted by Crippen LogP contribution is -2.41. The predicted molar refractivity (Wildman–Crippen MR) is 94.6 cm³/mol. The molecule has 0 aromatic heterocycles. The summed E-state index contributed by atoms with van der Waals surface area (Å²) in [6.45, 7) is 0.578. The van der Waals surface area contributed by atoms with Crippen molar-refractivity contribution in [2.45, 2.75) is 30.3 Å². The Labute approximate surface area is 148 Å². The van der Waals surface area contributed by atoms with Crippen molar-refractivity contribution in [2.75, 3.05) is 20.2 Å². The van der Waals surface area contributed by atoms with Gasteiger partial charge < -0.3 is 9.47 Å². The molecule has 0 bridgehead atoms. The summed E-state index contributed by atoms with van der Waals surface area (Å²) in [6.07, 6.45) is 2.77. The zero-order valence-electron chi connectivity index (χ0n) is 14.1. The van der Waals surface area contributed by atoms with Crippen molar-refractivity contribution in [3.05, 3.63) is 53.6 Å². The van der Waals surface area contributed by atoms with Gasteiger partial charge in [0, 0.05) is 7.05 Å². The Morgan fingerprint density at radius 3 is 2.68 bits per heavy atom. The molecule has 0 saturated carbocycles. The zero-order chi connectivity index (χ0) is 17.4. The van der Waals surface area contributed by atoms with Crippen molar-refractivity contribution >= 4 is 10.0 Å². The minimum atomic E-state index is -3.54. The van der Waals surface area contributed by atoms with Gasteiger partial charge in [0.05, 0.1) is 11.4 Å². The highest BCUT2D eigenvalue weighted by Crippen LogP contribution is 2.31. The second kappa shape index (κ2) is 6.35. The van der Waals surface area contributed by atoms with Crippen LogP contribution in [0.25, 0.3) is 0 Å². The van der Waals surface area contributed by atoms with E-state index < -0.39 is 10.0 Å². The van der Waals surface area contributed by atoms with Gasteiger partial charge in [-0.3, -0.25) is 0 Å². The molecule has 0 N–H and O–H groups in total. The van der Waals surface area contributed by atoms with Crippen molar-refractivity contribution in [1.29, 1.82) is 0 Å². The smallest absolute Gasteiger partial charge is 0.242 e. The molecule has 1 aliphatic carbocycles. The number of hydrogen-bond donors (Lipinski definition) is 0. The number of aryl methyl sites for hydroxylation is 2. The van der Waals surface area contributed by atoms with E-state index in [4.69, 9.17) is 9.47 Å². The molecule has 5 nitrogen and oxygen atoms in total. The minimum Gasteiger partial charge on any atom is -0.486 e. The van der Waals surface area contributed by atoms with E-state index in [1.165, 1.54) is 9.87 Å². The van der Waals surface area contributed by atoms with Crippen LogP contribution in [0, 0.1) is 0 Å². The standard InChI is InChI=1S/C19H21NO4S/c1-20(12-16-13-23-18-7-2-3-8-19(18)24-16)25(21,22)17-10-9-14-5-4-6-15(14)11-17/h2-3,7-11,16H,4-6,12-13H2,1H3. The van der Waals surface area contributed by atoms with Crippen LogP contribution in [0.3, 0.4) is 0 Å². The van der Waals surface area contributed by atoms with Gasteiger partial charge in [-0.05, 0) is 54.7 Å². The molecule has 25 heavy (non-hydrogen) atoms. The van der Waals surface area contributed by atoms with E-state index >= 15 is 0 Å². The van der Waals surface area contributed by atoms with E-state index in [0.29, 0.717) is 23.0 Å². The van der Waals surface area contributed by atoms with Gasteiger partial charge in [0.2, 0.25) is 10.0 Å². The number of nitrogens with zero attached hydrogens (tertiary/aromatic N) is 1. The molecule has 2 aromatic carbocycles. The number of ether oxygens (including phenoxy) is 2. The van der Waals surface area contributed by atoms with Crippen LogP contribution in [0.15, 0.2) is 47.4 Å². The molecular weight excluding hydrogens is 338 g/mol. The van der Waals surface area contributed by atoms with Crippen molar-refractivity contribution < 1.29 is 17.9 Å². The minimum absolute atomic E-state index is 0.244. The number of fused-ring (bicyclic) bond motifs is 2. The Balaban J connectivity index is 1.50. The van der Waals surface area contributed by atoms with E-state index in [1.807, 2.05) is 36.4 Å². The lowest BCUT2D eigenvalue weighted by atomic mass is 10.1. The SMILES string of the molecule is CN(CC1COc2ccccc2O1)S(=O)(=O)c1ccc2c(c1)CCC2. The Bertz CT molecular complexity index is 894. The number of likely N-dealkylation sites (N-methyl/N-ethyl adjacent to an activating group) is 1. The molecule has 1 aliphatic heterocycles. The molecule has 1 atom stereocenters. The molecule has 0 spiro atoms. The molecule has 2 aliphatic rings. The van der Waals surface area contributed by atoms with Gasteiger partial charge in [0.15, 0.2) is 11.5 Å². The summed E-state index contributed by atoms with van der Waals surface area (Å²) < 4.78 is 38.7. The first-order valence-electron chi connectivity index (χ1n) is 8.51. The first-order valence-corrected chi connectivity index (χ1v) is 9.95. The second-order valence-electron chi connectivity index (χ2n) is 6.57. The van der Waals surface area contributed by atoms with Gasteiger partial charge in [-0.15, -0.1) is 0 Å². The van der Waals surface area contributed by atoms with E-state index in [0.717, 1.165) is 24.8 Å². The molecule has 0 saturated heterocycles. The summed E-state index contributed by atoms with van der Waals surface area (Å²) in [6, 6.07) is 12.9. The maximum absolute atomic E-state index is 12.9. The highest BCUT2D eigenvalue weighted by atomic mass is 32.2. The van der Waals surface area contributed by atoms with Gasteiger partial charge in [-0.1, -0.05) is 18.2 Å². The maximum atomic E-state index is 12.9. The van der Waals surface area contributed by atoms with Crippen LogP contribution in [-0.4, -0.2) is 39.0 Å². The normalized spacial score (nSPS) is 19.0. The molecule has 4 rings (SSSR count). The molecule has 1 unspecified atom stereocenters. The van der Waals surface area contributed by atoms with Crippen LogP contribution >= 0.6 is 0 Å². The third-order valence-electron chi connectivity index (χ3n) is 4.81. The summed E-state index contributed by atoms with van der Waals surface area (Å²) in [5.41, 5.74) is 2.42. The molecule has 132 valence electrons. The van der Waals surface area contributed by atoms with Crippen LogP contribution in [0.1, 0.15) is 17.5 Å². The fourth-order valence-electron chi connectivity index (χ4n) is 3.43. The highest BCUT2D eigenvalue weighted by Gasteiger charge is 2.28. The van der Waals surface area contributed by atoms with E-state index in [1.54, 1.807) is 13.1 Å². The Morgan fingerprint density at radius 2 is 1.84 bits per heavy atom. The summed E-state index contributed by atoms with van der Waals surface area (Å²) in [4.78, 5) is 0.354. The van der Waals surface area contributed by atoms with Crippen LogP contribution in [0.2, 0.25) is 0 Å². The van der Waals surface area contributed by atoms with Gasteiger partial charge in [-0.2, -0.15) is 4.31 Å². The fraction of sp³-hybridized carbons (Fsp3) is 0.368. The van der Waals surface area contributed by atoms with Gasteiger partial charge in [-0.25, -0.2) is 8.42 Å². The van der Waals surface area contributed by atoms with Crippen molar-refractivity contribution in [1.82, 2.24) is 4.31 Å². The average Bonchev–Trinajstić information content (AvgIpc) is 3.09. The average molecular weight is 359 g/mol. The van der Waals surface area contributed by atoms with Crippen LogP contribution in [-0.2, 0) is 22.9 Å². The Hall–Kier alpha value is -2.05. The molecule has 0 radical (unpaired) electrons. The summed E-state index contributed by atoms with van der Waals surface area (Å²) in [5.74, 6) is 1.35. The number of sulfonamides is 1. The Morgan fingerprint density at radius 1 is 1.08 bits per heavy atom. The van der Waals surface area contributed by atoms with Gasteiger partial charge in [0.1, 0.15) is 12.7 Å². The first-order chi connectivity index (χ1) is 12.0. The van der Waals surface area contributed by atoms with Crippen LogP contribution in [0.5, 0.6) is 11.5 Å². The predicted octanol–water partition coefficient (Wildman–Crippen LogP) is 2.64.